The first kappa shape index (κ1) is 19.3. The van der Waals surface area contributed by atoms with Gasteiger partial charge in [-0.2, -0.15) is 5.10 Å². The zero-order valence-corrected chi connectivity index (χ0v) is 17.2. The third-order valence-corrected chi connectivity index (χ3v) is 6.66. The van der Waals surface area contributed by atoms with E-state index in [1.807, 2.05) is 18.2 Å². The Balaban J connectivity index is 1.24. The zero-order valence-electron chi connectivity index (χ0n) is 17.2. The van der Waals surface area contributed by atoms with Gasteiger partial charge in [-0.3, -0.25) is 4.79 Å². The predicted molar refractivity (Wildman–Crippen MR) is 110 cm³/mol. The molecule has 1 amide bonds. The number of allylic oxidation sites excluding steroid dienone is 1. The maximum absolute atomic E-state index is 12.9. The molecule has 2 aromatic rings. The molecule has 5 aliphatic carbocycles. The first-order valence-electron chi connectivity index (χ1n) is 10.8. The van der Waals surface area contributed by atoms with Crippen LogP contribution in [0.3, 0.4) is 0 Å². The monoisotopic (exact) mass is 409 g/mol. The van der Waals surface area contributed by atoms with Crippen LogP contribution in [0.4, 0.5) is 0 Å². The number of fused-ring (bicyclic) bond motifs is 2. The second-order valence-electron chi connectivity index (χ2n) is 8.60. The number of esters is 1. The van der Waals surface area contributed by atoms with Gasteiger partial charge in [0, 0.05) is 12.7 Å². The van der Waals surface area contributed by atoms with E-state index in [0.717, 1.165) is 29.7 Å². The largest absolute Gasteiger partial charge is 0.464 e. The number of aromatic nitrogens is 2. The number of nitrogens with zero attached hydrogens (tertiary/aromatic N) is 2. The molecule has 7 nitrogen and oxygen atoms in total. The minimum Gasteiger partial charge on any atom is -0.464 e. The van der Waals surface area contributed by atoms with Crippen LogP contribution in [-0.4, -0.2) is 41.2 Å². The standard InChI is InChI=1S/C23H27N3O4/c1-2-30-21(27)13-29-12-18-10-20-19(4-3-5-26(20)25-18)23(28)24-11-17-8-14-6-15-9-16(7-14)22(15)17/h3-5,10,14-16H,2,6-9,11-13H2,1H3,(H,24,28). The van der Waals surface area contributed by atoms with E-state index < -0.39 is 5.97 Å². The van der Waals surface area contributed by atoms with Crippen LogP contribution in [-0.2, 0) is 20.9 Å². The summed E-state index contributed by atoms with van der Waals surface area (Å²) in [6, 6.07) is 5.47. The molecule has 1 N–H and O–H groups in total. The molecule has 2 atom stereocenters. The molecule has 2 heterocycles. The molecular formula is C23H27N3O4. The van der Waals surface area contributed by atoms with Gasteiger partial charge >= 0.3 is 5.97 Å². The summed E-state index contributed by atoms with van der Waals surface area (Å²) in [5, 5.41) is 7.58. The maximum Gasteiger partial charge on any atom is 0.332 e. The molecule has 0 spiro atoms. The molecule has 2 aromatic heterocycles. The van der Waals surface area contributed by atoms with E-state index in [1.165, 1.54) is 24.8 Å². The number of amides is 1. The molecule has 158 valence electrons. The van der Waals surface area contributed by atoms with Crippen LogP contribution in [0.15, 0.2) is 35.5 Å². The summed E-state index contributed by atoms with van der Waals surface area (Å²) in [7, 11) is 0. The lowest BCUT2D eigenvalue weighted by Crippen LogP contribution is -2.44. The van der Waals surface area contributed by atoms with Gasteiger partial charge < -0.3 is 14.8 Å². The van der Waals surface area contributed by atoms with Crippen molar-refractivity contribution in [2.24, 2.45) is 17.8 Å². The summed E-state index contributed by atoms with van der Waals surface area (Å²) in [4.78, 5) is 24.3. The molecule has 3 fully saturated rings. The molecule has 5 aliphatic rings. The maximum atomic E-state index is 12.9. The normalized spacial score (nSPS) is 24.1. The molecule has 4 bridgehead atoms. The van der Waals surface area contributed by atoms with Gasteiger partial charge in [0.2, 0.25) is 0 Å². The molecule has 0 aliphatic heterocycles. The molecule has 3 saturated carbocycles. The Hall–Kier alpha value is -2.67. The van der Waals surface area contributed by atoms with Crippen molar-refractivity contribution in [3.63, 3.8) is 0 Å². The molecule has 0 aromatic carbocycles. The van der Waals surface area contributed by atoms with E-state index in [4.69, 9.17) is 9.47 Å². The average molecular weight is 409 g/mol. The quantitative estimate of drug-likeness (QED) is 0.536. The van der Waals surface area contributed by atoms with Crippen molar-refractivity contribution in [3.8, 4) is 0 Å². The smallest absolute Gasteiger partial charge is 0.332 e. The highest BCUT2D eigenvalue weighted by molar-refractivity contribution is 6.00. The number of hydrogen-bond donors (Lipinski definition) is 1. The SMILES string of the molecule is CCOC(=O)COCc1cc2c(C(=O)NCC3=C4C5CC(C3)CC4C5)cccn2n1. The Morgan fingerprint density at radius 1 is 1.27 bits per heavy atom. The van der Waals surface area contributed by atoms with Crippen molar-refractivity contribution in [2.45, 2.75) is 39.2 Å². The molecular weight excluding hydrogens is 382 g/mol. The number of rotatable bonds is 8. The van der Waals surface area contributed by atoms with Crippen LogP contribution < -0.4 is 5.32 Å². The lowest BCUT2D eigenvalue weighted by atomic mass is 9.51. The number of pyridine rings is 1. The minimum absolute atomic E-state index is 0.0808. The fourth-order valence-corrected chi connectivity index (χ4v) is 5.55. The molecule has 0 radical (unpaired) electrons. The van der Waals surface area contributed by atoms with E-state index in [-0.39, 0.29) is 19.1 Å². The third kappa shape index (κ3) is 3.51. The van der Waals surface area contributed by atoms with Gasteiger partial charge in [0.1, 0.15) is 6.61 Å². The van der Waals surface area contributed by atoms with Crippen molar-refractivity contribution >= 4 is 17.4 Å². The second-order valence-corrected chi connectivity index (χ2v) is 8.60. The highest BCUT2D eigenvalue weighted by atomic mass is 16.6. The number of carbonyl (C=O) groups excluding carboxylic acids is 2. The summed E-state index contributed by atoms with van der Waals surface area (Å²) in [6.07, 6.45) is 7.04. The van der Waals surface area contributed by atoms with Gasteiger partial charge in [0.25, 0.3) is 5.91 Å². The van der Waals surface area contributed by atoms with Crippen LogP contribution in [0.2, 0.25) is 0 Å². The Bertz CT molecular complexity index is 1010. The van der Waals surface area contributed by atoms with E-state index in [1.54, 1.807) is 23.2 Å². The molecule has 0 saturated heterocycles. The Morgan fingerprint density at radius 3 is 2.87 bits per heavy atom. The fraction of sp³-hybridized carbons (Fsp3) is 0.522. The van der Waals surface area contributed by atoms with Crippen LogP contribution in [0.1, 0.15) is 48.7 Å². The van der Waals surface area contributed by atoms with Crippen LogP contribution >= 0.6 is 0 Å². The summed E-state index contributed by atoms with van der Waals surface area (Å²) in [6.45, 7) is 2.81. The topological polar surface area (TPSA) is 81.9 Å². The van der Waals surface area contributed by atoms with Crippen LogP contribution in [0, 0.1) is 17.8 Å². The number of ether oxygens (including phenoxy) is 2. The van der Waals surface area contributed by atoms with Crippen molar-refractivity contribution in [2.75, 3.05) is 19.8 Å². The molecule has 2 unspecified atom stereocenters. The van der Waals surface area contributed by atoms with Crippen molar-refractivity contribution in [1.82, 2.24) is 14.9 Å². The van der Waals surface area contributed by atoms with Crippen LogP contribution in [0.25, 0.3) is 5.52 Å². The van der Waals surface area contributed by atoms with Gasteiger partial charge in [0.15, 0.2) is 0 Å². The Kier molecular flexibility index (Phi) is 5.06. The fourth-order valence-electron chi connectivity index (χ4n) is 5.55. The van der Waals surface area contributed by atoms with E-state index in [9.17, 15) is 9.59 Å². The lowest BCUT2D eigenvalue weighted by Gasteiger charge is -2.54. The van der Waals surface area contributed by atoms with Gasteiger partial charge in [-0.15, -0.1) is 0 Å². The lowest BCUT2D eigenvalue weighted by molar-refractivity contribution is -0.148. The minimum atomic E-state index is -0.397. The third-order valence-electron chi connectivity index (χ3n) is 6.66. The van der Waals surface area contributed by atoms with Crippen LogP contribution in [0.5, 0.6) is 0 Å². The summed E-state index contributed by atoms with van der Waals surface area (Å²) in [5.74, 6) is 1.94. The first-order valence-corrected chi connectivity index (χ1v) is 10.8. The predicted octanol–water partition coefficient (Wildman–Crippen LogP) is 2.89. The summed E-state index contributed by atoms with van der Waals surface area (Å²) < 4.78 is 11.9. The molecule has 30 heavy (non-hydrogen) atoms. The van der Waals surface area contributed by atoms with Gasteiger partial charge in [0.05, 0.1) is 30.0 Å². The second kappa shape index (κ2) is 7.87. The van der Waals surface area contributed by atoms with Crippen molar-refractivity contribution in [3.05, 3.63) is 46.8 Å². The van der Waals surface area contributed by atoms with E-state index in [0.29, 0.717) is 24.4 Å². The highest BCUT2D eigenvalue weighted by Gasteiger charge is 2.47. The van der Waals surface area contributed by atoms with E-state index >= 15 is 0 Å². The Morgan fingerprint density at radius 2 is 2.10 bits per heavy atom. The molecule has 7 heteroatoms. The zero-order chi connectivity index (χ0) is 20.7. The highest BCUT2D eigenvalue weighted by Crippen LogP contribution is 2.59. The van der Waals surface area contributed by atoms with Gasteiger partial charge in [-0.25, -0.2) is 9.31 Å². The first-order chi connectivity index (χ1) is 14.6. The number of carbonyl (C=O) groups is 2. The van der Waals surface area contributed by atoms with Crippen molar-refractivity contribution in [1.29, 1.82) is 0 Å². The van der Waals surface area contributed by atoms with E-state index in [2.05, 4.69) is 10.4 Å². The number of nitrogens with one attached hydrogen (secondary N) is 1. The van der Waals surface area contributed by atoms with Gasteiger partial charge in [-0.1, -0.05) is 11.1 Å². The summed E-state index contributed by atoms with van der Waals surface area (Å²) in [5.41, 5.74) is 5.12. The average Bonchev–Trinajstić information content (AvgIpc) is 3.14. The number of hydrogen-bond acceptors (Lipinski definition) is 5. The summed E-state index contributed by atoms with van der Waals surface area (Å²) >= 11 is 0. The Labute approximate surface area is 175 Å². The molecule has 7 rings (SSSR count). The van der Waals surface area contributed by atoms with Gasteiger partial charge in [-0.05, 0) is 68.6 Å². The van der Waals surface area contributed by atoms with Crippen molar-refractivity contribution < 1.29 is 19.1 Å².